The largest absolute Gasteiger partial charge is 0.354 e. The Kier molecular flexibility index (Phi) is 10.3. The first-order valence-corrected chi connectivity index (χ1v) is 14.8. The number of carbonyl (C=O) groups excluding carboxylic acids is 2. The summed E-state index contributed by atoms with van der Waals surface area (Å²) in [4.78, 5) is 28.6. The SMILES string of the molecule is CCCNC(=O)C(C)N(Cc1ccccc1C)C(=O)CN(c1ccccc1CC)S(=O)(=O)c1ccc(C)cc1. The molecule has 39 heavy (non-hydrogen) atoms. The van der Waals surface area contributed by atoms with Gasteiger partial charge in [0.2, 0.25) is 11.8 Å². The zero-order valence-corrected chi connectivity index (χ0v) is 24.3. The molecule has 3 aromatic carbocycles. The minimum Gasteiger partial charge on any atom is -0.354 e. The molecule has 1 atom stereocenters. The molecule has 0 spiro atoms. The summed E-state index contributed by atoms with van der Waals surface area (Å²) in [6.07, 6.45) is 1.35. The van der Waals surface area contributed by atoms with Gasteiger partial charge in [-0.15, -0.1) is 0 Å². The molecule has 0 saturated carbocycles. The molecule has 1 N–H and O–H groups in total. The average molecular weight is 550 g/mol. The Balaban J connectivity index is 2.07. The van der Waals surface area contributed by atoms with E-state index in [2.05, 4.69) is 5.32 Å². The van der Waals surface area contributed by atoms with Crippen molar-refractivity contribution in [1.29, 1.82) is 0 Å². The topological polar surface area (TPSA) is 86.8 Å². The predicted octanol–water partition coefficient (Wildman–Crippen LogP) is 5.00. The van der Waals surface area contributed by atoms with Crippen LogP contribution in [0.1, 0.15) is 49.4 Å². The van der Waals surface area contributed by atoms with Crippen LogP contribution in [0.15, 0.2) is 77.7 Å². The highest BCUT2D eigenvalue weighted by Gasteiger charge is 2.33. The molecular weight excluding hydrogens is 510 g/mol. The van der Waals surface area contributed by atoms with Crippen LogP contribution in [0.3, 0.4) is 0 Å². The third-order valence-corrected chi connectivity index (χ3v) is 8.62. The van der Waals surface area contributed by atoms with Gasteiger partial charge in [-0.2, -0.15) is 0 Å². The number of carbonyl (C=O) groups is 2. The minimum atomic E-state index is -4.09. The molecule has 0 heterocycles. The smallest absolute Gasteiger partial charge is 0.264 e. The number of aryl methyl sites for hydroxylation is 3. The van der Waals surface area contributed by atoms with Crippen molar-refractivity contribution in [3.05, 3.63) is 95.1 Å². The number of hydrogen-bond donors (Lipinski definition) is 1. The van der Waals surface area contributed by atoms with E-state index in [1.165, 1.54) is 9.21 Å². The van der Waals surface area contributed by atoms with Gasteiger partial charge >= 0.3 is 0 Å². The van der Waals surface area contributed by atoms with Crippen LogP contribution in [0.4, 0.5) is 5.69 Å². The maximum Gasteiger partial charge on any atom is 0.264 e. The summed E-state index contributed by atoms with van der Waals surface area (Å²) in [5.41, 5.74) is 4.06. The molecule has 3 aromatic rings. The molecular formula is C31H39N3O4S. The Hall–Kier alpha value is -3.65. The van der Waals surface area contributed by atoms with Crippen molar-refractivity contribution in [2.45, 2.75) is 64.9 Å². The molecule has 8 heteroatoms. The molecule has 0 bridgehead atoms. The van der Waals surface area contributed by atoms with Crippen molar-refractivity contribution < 1.29 is 18.0 Å². The maximum absolute atomic E-state index is 14.0. The maximum atomic E-state index is 14.0. The molecule has 208 valence electrons. The zero-order valence-electron chi connectivity index (χ0n) is 23.5. The summed E-state index contributed by atoms with van der Waals surface area (Å²) in [5, 5.41) is 2.87. The van der Waals surface area contributed by atoms with Crippen molar-refractivity contribution in [3.63, 3.8) is 0 Å². The van der Waals surface area contributed by atoms with E-state index in [4.69, 9.17) is 0 Å². The molecule has 0 aromatic heterocycles. The zero-order chi connectivity index (χ0) is 28.6. The van der Waals surface area contributed by atoms with E-state index in [0.717, 1.165) is 28.7 Å². The summed E-state index contributed by atoms with van der Waals surface area (Å²) in [6, 6.07) is 20.7. The second kappa shape index (κ2) is 13.4. The molecule has 3 rings (SSSR count). The number of sulfonamides is 1. The summed E-state index contributed by atoms with van der Waals surface area (Å²) in [5.74, 6) is -0.736. The highest BCUT2D eigenvalue weighted by Crippen LogP contribution is 2.28. The van der Waals surface area contributed by atoms with E-state index < -0.39 is 28.5 Å². The quantitative estimate of drug-likeness (QED) is 0.344. The van der Waals surface area contributed by atoms with Crippen molar-refractivity contribution in [1.82, 2.24) is 10.2 Å². The Morgan fingerprint density at radius 3 is 2.10 bits per heavy atom. The van der Waals surface area contributed by atoms with Crippen LogP contribution in [-0.2, 0) is 32.6 Å². The van der Waals surface area contributed by atoms with E-state index in [1.807, 2.05) is 64.1 Å². The molecule has 0 aliphatic heterocycles. The first-order valence-electron chi connectivity index (χ1n) is 13.4. The van der Waals surface area contributed by atoms with Gasteiger partial charge in [0.1, 0.15) is 12.6 Å². The van der Waals surface area contributed by atoms with Gasteiger partial charge in [0.15, 0.2) is 0 Å². The lowest BCUT2D eigenvalue weighted by Gasteiger charge is -2.33. The fraction of sp³-hybridized carbons (Fsp3) is 0.355. The Bertz CT molecular complexity index is 1390. The van der Waals surface area contributed by atoms with Gasteiger partial charge in [0, 0.05) is 13.1 Å². The first-order chi connectivity index (χ1) is 18.6. The fourth-order valence-electron chi connectivity index (χ4n) is 4.35. The number of nitrogens with zero attached hydrogens (tertiary/aromatic N) is 2. The first kappa shape index (κ1) is 29.9. The summed E-state index contributed by atoms with van der Waals surface area (Å²) < 4.78 is 29.2. The van der Waals surface area contributed by atoms with E-state index in [-0.39, 0.29) is 17.3 Å². The molecule has 1 unspecified atom stereocenters. The standard InChI is InChI=1S/C31H39N3O4S/c1-6-20-32-31(36)25(5)33(21-27-14-9-8-12-24(27)4)30(35)22-34(29-15-11-10-13-26(29)7-2)39(37,38)28-18-16-23(3)17-19-28/h8-19,25H,6-7,20-22H2,1-5H3,(H,32,36). The van der Waals surface area contributed by atoms with Gasteiger partial charge in [0.05, 0.1) is 10.6 Å². The molecule has 0 aliphatic carbocycles. The van der Waals surface area contributed by atoms with Gasteiger partial charge in [0.25, 0.3) is 10.0 Å². The Morgan fingerprint density at radius 1 is 0.872 bits per heavy atom. The second-order valence-electron chi connectivity index (χ2n) is 9.72. The van der Waals surface area contributed by atoms with Gasteiger partial charge in [-0.25, -0.2) is 8.42 Å². The van der Waals surface area contributed by atoms with Gasteiger partial charge in [-0.3, -0.25) is 13.9 Å². The molecule has 2 amide bonds. The van der Waals surface area contributed by atoms with Crippen LogP contribution in [0.5, 0.6) is 0 Å². The minimum absolute atomic E-state index is 0.103. The van der Waals surface area contributed by atoms with Crippen LogP contribution in [0, 0.1) is 13.8 Å². The van der Waals surface area contributed by atoms with Crippen LogP contribution in [0.2, 0.25) is 0 Å². The summed E-state index contributed by atoms with van der Waals surface area (Å²) in [6.45, 7) is 9.66. The number of rotatable bonds is 12. The molecule has 7 nitrogen and oxygen atoms in total. The normalized spacial score (nSPS) is 12.0. The average Bonchev–Trinajstić information content (AvgIpc) is 2.93. The van der Waals surface area contributed by atoms with Crippen LogP contribution >= 0.6 is 0 Å². The van der Waals surface area contributed by atoms with Crippen LogP contribution < -0.4 is 9.62 Å². The van der Waals surface area contributed by atoms with Gasteiger partial charge < -0.3 is 10.2 Å². The lowest BCUT2D eigenvalue weighted by Crippen LogP contribution is -2.51. The van der Waals surface area contributed by atoms with Gasteiger partial charge in [-0.1, -0.05) is 74.0 Å². The highest BCUT2D eigenvalue weighted by atomic mass is 32.2. The van der Waals surface area contributed by atoms with Crippen molar-refractivity contribution in [3.8, 4) is 0 Å². The molecule has 0 radical (unpaired) electrons. The summed E-state index contributed by atoms with van der Waals surface area (Å²) in [7, 11) is -4.09. The van der Waals surface area contributed by atoms with E-state index in [1.54, 1.807) is 43.3 Å². The third kappa shape index (κ3) is 7.26. The van der Waals surface area contributed by atoms with Crippen LogP contribution in [0.25, 0.3) is 0 Å². The number of anilines is 1. The van der Waals surface area contributed by atoms with Crippen molar-refractivity contribution in [2.24, 2.45) is 0 Å². The number of amides is 2. The second-order valence-corrected chi connectivity index (χ2v) is 11.6. The van der Waals surface area contributed by atoms with E-state index in [0.29, 0.717) is 18.7 Å². The monoisotopic (exact) mass is 549 g/mol. The number of benzene rings is 3. The molecule has 0 saturated heterocycles. The number of nitrogens with one attached hydrogen (secondary N) is 1. The predicted molar refractivity (Wildman–Crippen MR) is 156 cm³/mol. The third-order valence-electron chi connectivity index (χ3n) is 6.85. The van der Waals surface area contributed by atoms with Crippen LogP contribution in [-0.4, -0.2) is 44.3 Å². The highest BCUT2D eigenvalue weighted by molar-refractivity contribution is 7.92. The molecule has 0 aliphatic rings. The fourth-order valence-corrected chi connectivity index (χ4v) is 5.81. The Labute approximate surface area is 232 Å². The Morgan fingerprint density at radius 2 is 1.49 bits per heavy atom. The van der Waals surface area contributed by atoms with Gasteiger partial charge in [-0.05, 0) is 68.5 Å². The number of hydrogen-bond acceptors (Lipinski definition) is 4. The van der Waals surface area contributed by atoms with E-state index in [9.17, 15) is 18.0 Å². The molecule has 0 fully saturated rings. The van der Waals surface area contributed by atoms with Crippen molar-refractivity contribution >= 4 is 27.5 Å². The number of para-hydroxylation sites is 1. The van der Waals surface area contributed by atoms with Crippen molar-refractivity contribution in [2.75, 3.05) is 17.4 Å². The van der Waals surface area contributed by atoms with E-state index >= 15 is 0 Å². The lowest BCUT2D eigenvalue weighted by atomic mass is 10.1. The lowest BCUT2D eigenvalue weighted by molar-refractivity contribution is -0.139. The summed E-state index contributed by atoms with van der Waals surface area (Å²) >= 11 is 0.